The topological polar surface area (TPSA) is 33.1 Å². The molecule has 110 valence electrons. The molecular weight excluding hydrogens is 326 g/mol. The van der Waals surface area contributed by atoms with Crippen molar-refractivity contribution in [3.05, 3.63) is 63.9 Å². The molecule has 0 fully saturated rings. The monoisotopic (exact) mass is 345 g/mol. The minimum Gasteiger partial charge on any atom is -0.379 e. The first-order valence-electron chi connectivity index (χ1n) is 7.34. The van der Waals surface area contributed by atoms with Gasteiger partial charge in [-0.25, -0.2) is 0 Å². The molecule has 1 N–H and O–H groups in total. The molecule has 0 saturated carbocycles. The van der Waals surface area contributed by atoms with E-state index in [0.29, 0.717) is 6.42 Å². The summed E-state index contributed by atoms with van der Waals surface area (Å²) in [5.41, 5.74) is 1.98. The summed E-state index contributed by atoms with van der Waals surface area (Å²) < 4.78 is 0.996. The van der Waals surface area contributed by atoms with E-state index in [1.54, 1.807) is 6.20 Å². The van der Waals surface area contributed by atoms with Crippen molar-refractivity contribution >= 4 is 15.9 Å². The Balaban J connectivity index is 2.23. The van der Waals surface area contributed by atoms with Crippen molar-refractivity contribution in [1.82, 2.24) is 4.98 Å². The second-order valence-corrected chi connectivity index (χ2v) is 7.63. The third-order valence-electron chi connectivity index (χ3n) is 4.41. The molecule has 2 aromatic rings. The Morgan fingerprint density at radius 2 is 2.00 bits per heavy atom. The maximum Gasteiger partial charge on any atom is 0.132 e. The summed E-state index contributed by atoms with van der Waals surface area (Å²) in [5, 5.41) is 11.6. The molecule has 3 rings (SSSR count). The second kappa shape index (κ2) is 5.22. The molecule has 0 amide bonds. The highest BCUT2D eigenvalue weighted by Crippen LogP contribution is 2.46. The molecule has 21 heavy (non-hydrogen) atoms. The Hall–Kier alpha value is -1.19. The van der Waals surface area contributed by atoms with Gasteiger partial charge in [0.2, 0.25) is 0 Å². The van der Waals surface area contributed by atoms with Crippen LogP contribution in [0.25, 0.3) is 0 Å². The fraction of sp³-hybridized carbons (Fsp3) is 0.389. The second-order valence-electron chi connectivity index (χ2n) is 6.72. The number of rotatable bonds is 1. The van der Waals surface area contributed by atoms with Crippen LogP contribution in [0.1, 0.15) is 43.5 Å². The Labute approximate surface area is 134 Å². The van der Waals surface area contributed by atoms with Crippen LogP contribution in [0, 0.1) is 5.41 Å². The van der Waals surface area contributed by atoms with Gasteiger partial charge in [0.15, 0.2) is 0 Å². The van der Waals surface area contributed by atoms with Crippen molar-refractivity contribution in [2.75, 3.05) is 0 Å². The average molecular weight is 346 g/mol. The quantitative estimate of drug-likeness (QED) is 0.775. The molecule has 1 aliphatic rings. The van der Waals surface area contributed by atoms with Gasteiger partial charge in [0.05, 0.1) is 5.69 Å². The summed E-state index contributed by atoms with van der Waals surface area (Å²) in [6, 6.07) is 12.0. The van der Waals surface area contributed by atoms with Crippen molar-refractivity contribution in [1.29, 1.82) is 0 Å². The van der Waals surface area contributed by atoms with E-state index in [1.807, 2.05) is 24.3 Å². The number of hydrogen-bond donors (Lipinski definition) is 1. The van der Waals surface area contributed by atoms with E-state index < -0.39 is 5.60 Å². The van der Waals surface area contributed by atoms with Crippen LogP contribution in [0.5, 0.6) is 0 Å². The molecule has 1 aromatic carbocycles. The zero-order chi connectivity index (χ0) is 15.1. The Morgan fingerprint density at radius 3 is 2.71 bits per heavy atom. The SMILES string of the molecule is CC1(C)CCc2ccc(Br)cc2C(O)(c2ccccn2)C1. The van der Waals surface area contributed by atoms with Gasteiger partial charge in [0.25, 0.3) is 0 Å². The number of hydrogen-bond acceptors (Lipinski definition) is 2. The normalized spacial score (nSPS) is 24.2. The maximum atomic E-state index is 11.6. The van der Waals surface area contributed by atoms with Gasteiger partial charge in [0.1, 0.15) is 5.60 Å². The number of aryl methyl sites for hydroxylation is 1. The van der Waals surface area contributed by atoms with Gasteiger partial charge >= 0.3 is 0 Å². The Bertz CT molecular complexity index is 654. The predicted molar refractivity (Wildman–Crippen MR) is 88.1 cm³/mol. The summed E-state index contributed by atoms with van der Waals surface area (Å²) in [4.78, 5) is 4.44. The van der Waals surface area contributed by atoms with Crippen molar-refractivity contribution in [2.24, 2.45) is 5.41 Å². The van der Waals surface area contributed by atoms with Crippen LogP contribution in [0.3, 0.4) is 0 Å². The van der Waals surface area contributed by atoms with Crippen LogP contribution in [0.15, 0.2) is 47.1 Å². The lowest BCUT2D eigenvalue weighted by molar-refractivity contribution is 0.0296. The molecule has 0 aliphatic heterocycles. The smallest absolute Gasteiger partial charge is 0.132 e. The summed E-state index contributed by atoms with van der Waals surface area (Å²) in [7, 11) is 0. The first-order valence-corrected chi connectivity index (χ1v) is 8.13. The largest absolute Gasteiger partial charge is 0.379 e. The van der Waals surface area contributed by atoms with Crippen molar-refractivity contribution in [3.8, 4) is 0 Å². The highest BCUT2D eigenvalue weighted by atomic mass is 79.9. The summed E-state index contributed by atoms with van der Waals surface area (Å²) >= 11 is 3.54. The molecule has 1 heterocycles. The molecule has 1 unspecified atom stereocenters. The van der Waals surface area contributed by atoms with E-state index in [-0.39, 0.29) is 5.41 Å². The zero-order valence-corrected chi connectivity index (χ0v) is 14.0. The zero-order valence-electron chi connectivity index (χ0n) is 12.4. The Morgan fingerprint density at radius 1 is 1.19 bits per heavy atom. The maximum absolute atomic E-state index is 11.6. The van der Waals surface area contributed by atoms with E-state index in [0.717, 1.165) is 28.6 Å². The van der Waals surface area contributed by atoms with Gasteiger partial charge in [-0.1, -0.05) is 41.9 Å². The molecule has 0 saturated heterocycles. The van der Waals surface area contributed by atoms with Crippen LogP contribution in [0.2, 0.25) is 0 Å². The number of aliphatic hydroxyl groups is 1. The molecule has 0 bridgehead atoms. The molecule has 1 aromatic heterocycles. The molecule has 1 aliphatic carbocycles. The molecular formula is C18H20BrNO. The van der Waals surface area contributed by atoms with Gasteiger partial charge in [-0.15, -0.1) is 0 Å². The molecule has 0 spiro atoms. The van der Waals surface area contributed by atoms with Gasteiger partial charge in [-0.2, -0.15) is 0 Å². The van der Waals surface area contributed by atoms with Gasteiger partial charge in [-0.3, -0.25) is 4.98 Å². The van der Waals surface area contributed by atoms with E-state index in [4.69, 9.17) is 0 Å². The minimum atomic E-state index is -1.03. The van der Waals surface area contributed by atoms with Crippen molar-refractivity contribution in [3.63, 3.8) is 0 Å². The molecule has 3 heteroatoms. The first kappa shape index (κ1) is 14.7. The third-order valence-corrected chi connectivity index (χ3v) is 4.90. The van der Waals surface area contributed by atoms with E-state index in [2.05, 4.69) is 46.9 Å². The summed E-state index contributed by atoms with van der Waals surface area (Å²) in [6.45, 7) is 4.45. The average Bonchev–Trinajstić information content (AvgIpc) is 2.55. The van der Waals surface area contributed by atoms with Crippen LogP contribution >= 0.6 is 15.9 Å². The van der Waals surface area contributed by atoms with E-state index in [1.165, 1.54) is 5.56 Å². The van der Waals surface area contributed by atoms with Crippen molar-refractivity contribution < 1.29 is 5.11 Å². The van der Waals surface area contributed by atoms with Gasteiger partial charge in [0, 0.05) is 10.7 Å². The van der Waals surface area contributed by atoms with Crippen LogP contribution < -0.4 is 0 Å². The van der Waals surface area contributed by atoms with Gasteiger partial charge in [-0.05, 0) is 60.1 Å². The number of benzene rings is 1. The minimum absolute atomic E-state index is 0.0672. The number of halogens is 1. The molecule has 1 atom stereocenters. The number of fused-ring (bicyclic) bond motifs is 1. The predicted octanol–water partition coefficient (Wildman–Crippen LogP) is 4.44. The molecule has 2 nitrogen and oxygen atoms in total. The van der Waals surface area contributed by atoms with E-state index >= 15 is 0 Å². The van der Waals surface area contributed by atoms with Crippen LogP contribution in [0.4, 0.5) is 0 Å². The Kier molecular flexibility index (Phi) is 3.66. The van der Waals surface area contributed by atoms with Gasteiger partial charge < -0.3 is 5.11 Å². The number of nitrogens with zero attached hydrogens (tertiary/aromatic N) is 1. The molecule has 0 radical (unpaired) electrons. The first-order chi connectivity index (χ1) is 9.91. The lowest BCUT2D eigenvalue weighted by atomic mass is 9.76. The fourth-order valence-electron chi connectivity index (χ4n) is 3.34. The van der Waals surface area contributed by atoms with Crippen molar-refractivity contribution in [2.45, 2.75) is 38.7 Å². The highest BCUT2D eigenvalue weighted by Gasteiger charge is 2.42. The number of aromatic nitrogens is 1. The summed E-state index contributed by atoms with van der Waals surface area (Å²) in [6.07, 6.45) is 4.49. The standard InChI is InChI=1S/C18H20BrNO/c1-17(2)9-8-13-6-7-14(19)11-15(13)18(21,12-17)16-5-3-4-10-20-16/h3-7,10-11,21H,8-9,12H2,1-2H3. The lowest BCUT2D eigenvalue weighted by Gasteiger charge is -2.34. The van der Waals surface area contributed by atoms with Crippen LogP contribution in [-0.4, -0.2) is 10.1 Å². The lowest BCUT2D eigenvalue weighted by Crippen LogP contribution is -2.33. The third kappa shape index (κ3) is 2.77. The van der Waals surface area contributed by atoms with Crippen LogP contribution in [-0.2, 0) is 12.0 Å². The highest BCUT2D eigenvalue weighted by molar-refractivity contribution is 9.10. The summed E-state index contributed by atoms with van der Waals surface area (Å²) in [5.74, 6) is 0. The number of pyridine rings is 1. The van der Waals surface area contributed by atoms with E-state index in [9.17, 15) is 5.11 Å². The fourth-order valence-corrected chi connectivity index (χ4v) is 3.70.